The standard InChI is InChI=1S/C14H11BrClNO3/c1-9-6-11(17(18)19)3-5-14(9)20-12-4-2-10(8-15)13(16)7-12/h2-7H,8H2,1H3. The number of ether oxygens (including phenoxy) is 1. The Kier molecular flexibility index (Phi) is 4.62. The Morgan fingerprint density at radius 2 is 2.05 bits per heavy atom. The van der Waals surface area contributed by atoms with Gasteiger partial charge in [0, 0.05) is 22.5 Å². The van der Waals surface area contributed by atoms with Gasteiger partial charge in [-0.05, 0) is 36.2 Å². The average molecular weight is 357 g/mol. The summed E-state index contributed by atoms with van der Waals surface area (Å²) in [6.07, 6.45) is 0. The maximum Gasteiger partial charge on any atom is 0.269 e. The molecule has 0 aliphatic heterocycles. The molecule has 4 nitrogen and oxygen atoms in total. The van der Waals surface area contributed by atoms with Gasteiger partial charge in [-0.25, -0.2) is 0 Å². The van der Waals surface area contributed by atoms with Crippen LogP contribution in [0.15, 0.2) is 36.4 Å². The van der Waals surface area contributed by atoms with Crippen LogP contribution in [0.2, 0.25) is 5.02 Å². The van der Waals surface area contributed by atoms with Crippen molar-refractivity contribution in [2.75, 3.05) is 0 Å². The zero-order valence-electron chi connectivity index (χ0n) is 10.6. The number of non-ortho nitro benzene ring substituents is 1. The molecule has 2 rings (SSSR count). The molecule has 2 aromatic rings. The van der Waals surface area contributed by atoms with Gasteiger partial charge in [-0.3, -0.25) is 10.1 Å². The first-order valence-corrected chi connectivity index (χ1v) is 7.28. The van der Waals surface area contributed by atoms with Gasteiger partial charge in [0.1, 0.15) is 11.5 Å². The van der Waals surface area contributed by atoms with Crippen LogP contribution in [0.3, 0.4) is 0 Å². The molecule has 2 aromatic carbocycles. The molecule has 0 atom stereocenters. The SMILES string of the molecule is Cc1cc([N+](=O)[O-])ccc1Oc1ccc(CBr)c(Cl)c1. The van der Waals surface area contributed by atoms with Crippen molar-refractivity contribution in [1.29, 1.82) is 0 Å². The number of nitro groups is 1. The third kappa shape index (κ3) is 3.29. The zero-order valence-corrected chi connectivity index (χ0v) is 12.9. The monoisotopic (exact) mass is 355 g/mol. The summed E-state index contributed by atoms with van der Waals surface area (Å²) in [6.45, 7) is 1.76. The summed E-state index contributed by atoms with van der Waals surface area (Å²) in [6, 6.07) is 9.87. The van der Waals surface area contributed by atoms with Gasteiger partial charge in [0.2, 0.25) is 0 Å². The zero-order chi connectivity index (χ0) is 14.7. The molecule has 0 spiro atoms. The molecule has 0 bridgehead atoms. The lowest BCUT2D eigenvalue weighted by molar-refractivity contribution is -0.384. The number of halogens is 2. The molecule has 0 N–H and O–H groups in total. The van der Waals surface area contributed by atoms with Crippen molar-refractivity contribution in [2.24, 2.45) is 0 Å². The summed E-state index contributed by atoms with van der Waals surface area (Å²) < 4.78 is 5.70. The Labute approximate surface area is 129 Å². The topological polar surface area (TPSA) is 52.4 Å². The minimum absolute atomic E-state index is 0.0440. The highest BCUT2D eigenvalue weighted by Gasteiger charge is 2.10. The number of hydrogen-bond donors (Lipinski definition) is 0. The van der Waals surface area contributed by atoms with Crippen molar-refractivity contribution in [2.45, 2.75) is 12.3 Å². The number of alkyl halides is 1. The second kappa shape index (κ2) is 6.24. The van der Waals surface area contributed by atoms with Gasteiger partial charge in [-0.15, -0.1) is 0 Å². The summed E-state index contributed by atoms with van der Waals surface area (Å²) in [4.78, 5) is 10.2. The maximum atomic E-state index is 10.7. The number of nitro benzene ring substituents is 1. The molecule has 0 saturated carbocycles. The van der Waals surface area contributed by atoms with E-state index in [2.05, 4.69) is 15.9 Å². The van der Waals surface area contributed by atoms with Crippen LogP contribution in [0, 0.1) is 17.0 Å². The first kappa shape index (κ1) is 14.8. The molecule has 0 aliphatic rings. The van der Waals surface area contributed by atoms with Crippen molar-refractivity contribution in [3.8, 4) is 11.5 Å². The molecule has 0 fully saturated rings. The Morgan fingerprint density at radius 1 is 1.30 bits per heavy atom. The third-order valence-corrected chi connectivity index (χ3v) is 3.72. The van der Waals surface area contributed by atoms with Gasteiger partial charge in [-0.1, -0.05) is 33.6 Å². The lowest BCUT2D eigenvalue weighted by Crippen LogP contribution is -1.92. The highest BCUT2D eigenvalue weighted by atomic mass is 79.9. The van der Waals surface area contributed by atoms with Crippen LogP contribution >= 0.6 is 27.5 Å². The Hall–Kier alpha value is -1.59. The van der Waals surface area contributed by atoms with Gasteiger partial charge >= 0.3 is 0 Å². The van der Waals surface area contributed by atoms with Gasteiger partial charge in [0.15, 0.2) is 0 Å². The molecule has 0 aliphatic carbocycles. The van der Waals surface area contributed by atoms with E-state index in [1.807, 2.05) is 12.1 Å². The molecule has 0 amide bonds. The fourth-order valence-electron chi connectivity index (χ4n) is 1.69. The molecule has 0 heterocycles. The van der Waals surface area contributed by atoms with E-state index in [9.17, 15) is 10.1 Å². The first-order valence-electron chi connectivity index (χ1n) is 5.78. The third-order valence-electron chi connectivity index (χ3n) is 2.77. The van der Waals surface area contributed by atoms with Crippen LogP contribution in [0.25, 0.3) is 0 Å². The predicted molar refractivity (Wildman–Crippen MR) is 82.0 cm³/mol. The number of nitrogens with zero attached hydrogens (tertiary/aromatic N) is 1. The molecule has 104 valence electrons. The summed E-state index contributed by atoms with van der Waals surface area (Å²) in [7, 11) is 0. The molecule has 20 heavy (non-hydrogen) atoms. The van der Waals surface area contributed by atoms with Crippen molar-refractivity contribution in [3.05, 3.63) is 62.7 Å². The molecule has 0 saturated heterocycles. The van der Waals surface area contributed by atoms with Gasteiger partial charge in [0.25, 0.3) is 5.69 Å². The molecular formula is C14H11BrClNO3. The first-order chi connectivity index (χ1) is 9.51. The van der Waals surface area contributed by atoms with E-state index < -0.39 is 4.92 Å². The van der Waals surface area contributed by atoms with E-state index in [0.29, 0.717) is 27.4 Å². The van der Waals surface area contributed by atoms with Crippen molar-refractivity contribution in [3.63, 3.8) is 0 Å². The summed E-state index contributed by atoms with van der Waals surface area (Å²) in [5.74, 6) is 1.16. The van der Waals surface area contributed by atoms with Crippen LogP contribution in [0.1, 0.15) is 11.1 Å². The van der Waals surface area contributed by atoms with E-state index in [-0.39, 0.29) is 5.69 Å². The Bertz CT molecular complexity index is 661. The summed E-state index contributed by atoms with van der Waals surface area (Å²) in [5.41, 5.74) is 1.71. The van der Waals surface area contributed by atoms with Crippen LogP contribution in [-0.2, 0) is 5.33 Å². The lowest BCUT2D eigenvalue weighted by Gasteiger charge is -2.10. The van der Waals surface area contributed by atoms with Crippen molar-refractivity contribution >= 4 is 33.2 Å². The minimum Gasteiger partial charge on any atom is -0.457 e. The number of benzene rings is 2. The Balaban J connectivity index is 2.26. The van der Waals surface area contributed by atoms with E-state index in [4.69, 9.17) is 16.3 Å². The number of aryl methyl sites for hydroxylation is 1. The fraction of sp³-hybridized carbons (Fsp3) is 0.143. The number of hydrogen-bond acceptors (Lipinski definition) is 3. The smallest absolute Gasteiger partial charge is 0.269 e. The quantitative estimate of drug-likeness (QED) is 0.427. The van der Waals surface area contributed by atoms with Crippen LogP contribution in [-0.4, -0.2) is 4.92 Å². The van der Waals surface area contributed by atoms with Gasteiger partial charge < -0.3 is 4.74 Å². The molecule has 0 aromatic heterocycles. The molecule has 0 radical (unpaired) electrons. The van der Waals surface area contributed by atoms with Crippen molar-refractivity contribution < 1.29 is 9.66 Å². The van der Waals surface area contributed by atoms with Gasteiger partial charge in [-0.2, -0.15) is 0 Å². The van der Waals surface area contributed by atoms with Crippen LogP contribution in [0.4, 0.5) is 5.69 Å². The Morgan fingerprint density at radius 3 is 2.60 bits per heavy atom. The number of rotatable bonds is 4. The maximum absolute atomic E-state index is 10.7. The molecular weight excluding hydrogens is 346 g/mol. The summed E-state index contributed by atoms with van der Waals surface area (Å²) in [5, 5.41) is 12.0. The van der Waals surface area contributed by atoms with Gasteiger partial charge in [0.05, 0.1) is 4.92 Å². The summed E-state index contributed by atoms with van der Waals surface area (Å²) >= 11 is 9.45. The minimum atomic E-state index is -0.432. The predicted octanol–water partition coefficient (Wildman–Crippen LogP) is 5.24. The molecule has 0 unspecified atom stereocenters. The van der Waals surface area contributed by atoms with E-state index >= 15 is 0 Å². The van der Waals surface area contributed by atoms with Crippen LogP contribution < -0.4 is 4.74 Å². The van der Waals surface area contributed by atoms with E-state index in [0.717, 1.165) is 5.56 Å². The van der Waals surface area contributed by atoms with E-state index in [1.165, 1.54) is 12.1 Å². The second-order valence-electron chi connectivity index (χ2n) is 4.20. The molecule has 6 heteroatoms. The van der Waals surface area contributed by atoms with Crippen LogP contribution in [0.5, 0.6) is 11.5 Å². The normalized spacial score (nSPS) is 10.3. The lowest BCUT2D eigenvalue weighted by atomic mass is 10.2. The largest absolute Gasteiger partial charge is 0.457 e. The average Bonchev–Trinajstić information content (AvgIpc) is 2.41. The fourth-order valence-corrected chi connectivity index (χ4v) is 2.58. The van der Waals surface area contributed by atoms with Crippen molar-refractivity contribution in [1.82, 2.24) is 0 Å². The highest BCUT2D eigenvalue weighted by molar-refractivity contribution is 9.08. The van der Waals surface area contributed by atoms with E-state index in [1.54, 1.807) is 19.1 Å². The highest BCUT2D eigenvalue weighted by Crippen LogP contribution is 2.31. The second-order valence-corrected chi connectivity index (χ2v) is 5.16.